The maximum absolute atomic E-state index is 15.9. The molecule has 0 bridgehead atoms. The lowest BCUT2D eigenvalue weighted by Gasteiger charge is -2.46. The predicted octanol–water partition coefficient (Wildman–Crippen LogP) is 5.48. The van der Waals surface area contributed by atoms with Crippen LogP contribution < -0.4 is 21.3 Å². The molecule has 13 atom stereocenters. The molecule has 0 aliphatic carbocycles. The van der Waals surface area contributed by atoms with Crippen molar-refractivity contribution in [1.82, 2.24) is 55.6 Å². The van der Waals surface area contributed by atoms with Crippen LogP contribution in [0.2, 0.25) is 18.1 Å². The zero-order valence-electron chi connectivity index (χ0n) is 64.8. The van der Waals surface area contributed by atoms with Crippen LogP contribution in [0.4, 0.5) is 0 Å². The molecule has 97 heavy (non-hydrogen) atoms. The van der Waals surface area contributed by atoms with Gasteiger partial charge < -0.3 is 60.0 Å². The van der Waals surface area contributed by atoms with Crippen molar-refractivity contribution in [2.45, 2.75) is 274 Å². The zero-order chi connectivity index (χ0) is 75.8. The van der Waals surface area contributed by atoms with Crippen molar-refractivity contribution in [2.24, 2.45) is 41.4 Å². The molecule has 0 radical (unpaired) electrons. The summed E-state index contributed by atoms with van der Waals surface area (Å²) < 4.78 is 37.2. The first-order valence-corrected chi connectivity index (χ1v) is 39.6. The van der Waals surface area contributed by atoms with Crippen molar-refractivity contribution in [1.29, 1.82) is 0 Å². The molecule has 0 spiro atoms. The number of carbonyl (C=O) groups excluding carboxylic acids is 11. The average molecular weight is 1410 g/mol. The lowest BCUT2D eigenvalue weighted by molar-refractivity contribution is -0.157. The lowest BCUT2D eigenvalue weighted by atomic mass is 9.91. The highest BCUT2D eigenvalue weighted by Crippen LogP contribution is 2.40. The average Bonchev–Trinajstić information content (AvgIpc) is 0.788. The van der Waals surface area contributed by atoms with Gasteiger partial charge in [0.05, 0.1) is 19.0 Å². The number of hydrogen-bond acceptors (Lipinski definition) is 15. The maximum atomic E-state index is 15.9. The highest BCUT2D eigenvalue weighted by atomic mass is 32.2. The van der Waals surface area contributed by atoms with E-state index in [0.717, 1.165) is 6.26 Å². The molecule has 1 rings (SSSR count). The van der Waals surface area contributed by atoms with Crippen LogP contribution in [0, 0.1) is 41.4 Å². The molecule has 11 amide bonds. The van der Waals surface area contributed by atoms with Gasteiger partial charge >= 0.3 is 0 Å². The van der Waals surface area contributed by atoms with Gasteiger partial charge in [-0.05, 0) is 118 Å². The third-order valence-electron chi connectivity index (χ3n) is 19.1. The Morgan fingerprint density at radius 2 is 0.825 bits per heavy atom. The summed E-state index contributed by atoms with van der Waals surface area (Å²) in [6.45, 7) is 39.4. The van der Waals surface area contributed by atoms with E-state index in [1.165, 1.54) is 97.5 Å². The number of hydrogen-bond donors (Lipinski definition) is 4. The summed E-state index contributed by atoms with van der Waals surface area (Å²) in [6, 6.07) is -13.9. The Morgan fingerprint density at radius 3 is 1.24 bits per heavy atom. The Balaban J connectivity index is 4.70. The maximum Gasteiger partial charge on any atom is 0.264 e. The highest BCUT2D eigenvalue weighted by molar-refractivity contribution is 7.86. The standard InChI is InChI=1S/C69H129N11O15SSi/c1-31-48-63(86)74(21)49(32-2)64(87)75(22)51(36-40(5)6)60(83)73-54(43(11)12)67(90)76(23)50(35-39(3)4)59(82)70-46(16)58(81)71-47(17)62(85)77(24)52(37-41(7)8)65(88)78(25)53(38-42(9)10)66(89)79(26)55(44(13)14)68(91)80(27)56(61(84)72-48)57(95-97(29,30)69(18,19)20)45(15)33-34-94-96(28,92)93/h39-57H,31-38H2,1-30H3,(H,70,82)(H,71,81)(H,72,84)(H,73,83)/t45-,46+,47-,48+,49-,50+,51+,52+,53+,54+,55?,56+,57?/m1/s1. The molecule has 2 unspecified atom stereocenters. The van der Waals surface area contributed by atoms with Crippen molar-refractivity contribution in [3.8, 4) is 0 Å². The van der Waals surface area contributed by atoms with Crippen molar-refractivity contribution < 1.29 is 69.8 Å². The monoisotopic (exact) mass is 1410 g/mol. The summed E-state index contributed by atoms with van der Waals surface area (Å²) in [5, 5.41) is 10.7. The summed E-state index contributed by atoms with van der Waals surface area (Å²) in [7, 11) is 3.12. The fourth-order valence-corrected chi connectivity index (χ4v) is 13.8. The second kappa shape index (κ2) is 38.2. The van der Waals surface area contributed by atoms with E-state index < -0.39 is 179 Å². The van der Waals surface area contributed by atoms with Gasteiger partial charge in [-0.1, -0.05) is 125 Å². The predicted molar refractivity (Wildman–Crippen MR) is 380 cm³/mol. The largest absolute Gasteiger partial charge is 0.411 e. The minimum absolute atomic E-state index is 0.0119. The van der Waals surface area contributed by atoms with Crippen LogP contribution in [0.5, 0.6) is 0 Å². The van der Waals surface area contributed by atoms with Gasteiger partial charge in [-0.15, -0.1) is 0 Å². The Labute approximate surface area is 583 Å². The number of rotatable bonds is 20. The fourth-order valence-electron chi connectivity index (χ4n) is 12.0. The first kappa shape index (κ1) is 89.3. The fraction of sp³-hybridized carbons (Fsp3) is 0.841. The van der Waals surface area contributed by atoms with Crippen LogP contribution in [-0.4, -0.2) is 251 Å². The Bertz CT molecular complexity index is 2810. The van der Waals surface area contributed by atoms with Crippen molar-refractivity contribution >= 4 is 83.4 Å². The zero-order valence-corrected chi connectivity index (χ0v) is 66.6. The van der Waals surface area contributed by atoms with E-state index >= 15 is 28.8 Å². The Morgan fingerprint density at radius 1 is 0.443 bits per heavy atom. The van der Waals surface area contributed by atoms with E-state index in [1.54, 1.807) is 48.5 Å². The SMILES string of the molecule is CC[C@@H]1NC(=O)[C@H](C(O[Si](C)(C)C(C)(C)C)[C@H](C)CCOS(C)(=O)=O)N(C)C(=O)C(C(C)C)N(C)C(=O)[C@H](CC(C)C)N(C)C(=O)[C@H](CC(C)C)N(C)C(=O)[C@@H](C)NC(=O)[C@H](C)NC(=O)[C@H](CC(C)C)N(C)C(=O)[C@H](C(C)C)NC(=O)[C@H](CC(C)C)N(C)C(=O)[C@@H](CC)N(C)C1=O. The number of nitrogens with zero attached hydrogens (tertiary/aromatic N) is 7. The molecule has 26 nitrogen and oxygen atoms in total. The third kappa shape index (κ3) is 25.1. The van der Waals surface area contributed by atoms with Gasteiger partial charge in [-0.2, -0.15) is 8.42 Å². The molecule has 0 aromatic carbocycles. The van der Waals surface area contributed by atoms with Crippen LogP contribution in [0.1, 0.15) is 183 Å². The van der Waals surface area contributed by atoms with Crippen LogP contribution >= 0.6 is 0 Å². The molecule has 1 aliphatic heterocycles. The molecule has 560 valence electrons. The van der Waals surface area contributed by atoms with E-state index in [1.807, 2.05) is 89.3 Å². The van der Waals surface area contributed by atoms with E-state index in [0.29, 0.717) is 0 Å². The van der Waals surface area contributed by atoms with Gasteiger partial charge in [0, 0.05) is 49.3 Å². The normalized spacial score (nSPS) is 26.3. The quantitative estimate of drug-likeness (QED) is 0.0867. The summed E-state index contributed by atoms with van der Waals surface area (Å²) in [5.41, 5.74) is 0. The second-order valence-electron chi connectivity index (χ2n) is 31.1. The topological polar surface area (TPSA) is 311 Å². The summed E-state index contributed by atoms with van der Waals surface area (Å²) in [6.07, 6.45) is 0.254. The van der Waals surface area contributed by atoms with E-state index in [9.17, 15) is 32.4 Å². The third-order valence-corrected chi connectivity index (χ3v) is 24.2. The molecular weight excluding hydrogens is 1280 g/mol. The number of carbonyl (C=O) groups is 11. The first-order valence-electron chi connectivity index (χ1n) is 34.9. The number of likely N-dealkylation sites (N-methyl/N-ethyl adjacent to an activating group) is 7. The molecule has 1 fully saturated rings. The minimum atomic E-state index is -3.94. The van der Waals surface area contributed by atoms with Gasteiger partial charge in [-0.3, -0.25) is 56.9 Å². The van der Waals surface area contributed by atoms with Crippen LogP contribution in [-0.2, 0) is 71.5 Å². The van der Waals surface area contributed by atoms with Crippen LogP contribution in [0.3, 0.4) is 0 Å². The minimum Gasteiger partial charge on any atom is -0.411 e. The molecular formula is C69H129N11O15SSi. The smallest absolute Gasteiger partial charge is 0.264 e. The molecule has 4 N–H and O–H groups in total. The molecule has 0 aromatic rings. The second-order valence-corrected chi connectivity index (χ2v) is 37.5. The van der Waals surface area contributed by atoms with Gasteiger partial charge in [0.15, 0.2) is 8.32 Å². The van der Waals surface area contributed by atoms with Gasteiger partial charge in [-0.25, -0.2) is 0 Å². The Hall–Kier alpha value is -5.74. The molecule has 0 saturated carbocycles. The summed E-state index contributed by atoms with van der Waals surface area (Å²) >= 11 is 0. The van der Waals surface area contributed by atoms with Crippen molar-refractivity contribution in [2.75, 3.05) is 62.2 Å². The number of nitrogens with one attached hydrogen (secondary N) is 4. The van der Waals surface area contributed by atoms with Gasteiger partial charge in [0.25, 0.3) is 10.1 Å². The molecule has 1 saturated heterocycles. The van der Waals surface area contributed by atoms with E-state index in [2.05, 4.69) is 21.3 Å². The molecule has 1 aliphatic rings. The summed E-state index contributed by atoms with van der Waals surface area (Å²) in [5.74, 6) is -10.1. The van der Waals surface area contributed by atoms with Crippen molar-refractivity contribution in [3.05, 3.63) is 0 Å². The molecule has 28 heteroatoms. The first-order chi connectivity index (χ1) is 44.3. The van der Waals surface area contributed by atoms with Gasteiger partial charge in [0.1, 0.15) is 66.5 Å². The molecule has 0 aromatic heterocycles. The van der Waals surface area contributed by atoms with Crippen LogP contribution in [0.25, 0.3) is 0 Å². The molecule has 1 heterocycles. The summed E-state index contributed by atoms with van der Waals surface area (Å²) in [4.78, 5) is 174. The lowest BCUT2D eigenvalue weighted by Crippen LogP contribution is -2.65. The Kier molecular flexibility index (Phi) is 35.1. The highest BCUT2D eigenvalue weighted by Gasteiger charge is 2.50. The van der Waals surface area contributed by atoms with Crippen LogP contribution in [0.15, 0.2) is 0 Å². The van der Waals surface area contributed by atoms with E-state index in [4.69, 9.17) is 8.61 Å². The van der Waals surface area contributed by atoms with E-state index in [-0.39, 0.29) is 75.2 Å². The number of amides is 11. The van der Waals surface area contributed by atoms with Gasteiger partial charge in [0.2, 0.25) is 65.0 Å². The van der Waals surface area contributed by atoms with Crippen molar-refractivity contribution in [3.63, 3.8) is 0 Å².